The number of aliphatic hydroxyl groups excluding tert-OH is 1. The van der Waals surface area contributed by atoms with Crippen molar-refractivity contribution >= 4 is 11.7 Å². The van der Waals surface area contributed by atoms with Gasteiger partial charge in [-0.2, -0.15) is 0 Å². The van der Waals surface area contributed by atoms with Crippen molar-refractivity contribution in [1.82, 2.24) is 4.90 Å². The summed E-state index contributed by atoms with van der Waals surface area (Å²) in [6.07, 6.45) is 1.85. The van der Waals surface area contributed by atoms with E-state index in [2.05, 4.69) is 5.32 Å². The SMILES string of the molecule is O=C(Nc1ccccc1)N1CCC[C@@H]1CO. The summed E-state index contributed by atoms with van der Waals surface area (Å²) in [4.78, 5) is 13.6. The zero-order valence-corrected chi connectivity index (χ0v) is 9.10. The van der Waals surface area contributed by atoms with E-state index in [9.17, 15) is 4.79 Å². The molecule has 1 aromatic rings. The van der Waals surface area contributed by atoms with E-state index in [1.165, 1.54) is 0 Å². The number of likely N-dealkylation sites (tertiary alicyclic amines) is 1. The molecule has 1 fully saturated rings. The number of amides is 2. The smallest absolute Gasteiger partial charge is 0.322 e. The van der Waals surface area contributed by atoms with Crippen molar-refractivity contribution in [2.75, 3.05) is 18.5 Å². The summed E-state index contributed by atoms with van der Waals surface area (Å²) in [5, 5.41) is 12.0. The molecule has 0 unspecified atom stereocenters. The van der Waals surface area contributed by atoms with Gasteiger partial charge in [0.05, 0.1) is 12.6 Å². The molecule has 2 N–H and O–H groups in total. The van der Waals surface area contributed by atoms with Gasteiger partial charge in [-0.15, -0.1) is 0 Å². The second-order valence-corrected chi connectivity index (χ2v) is 3.97. The minimum atomic E-state index is -0.122. The number of para-hydroxylation sites is 1. The lowest BCUT2D eigenvalue weighted by atomic mass is 10.2. The van der Waals surface area contributed by atoms with Crippen LogP contribution in [0, 0.1) is 0 Å². The molecule has 0 saturated carbocycles. The first kappa shape index (κ1) is 11.0. The van der Waals surface area contributed by atoms with Crippen LogP contribution in [0.15, 0.2) is 30.3 Å². The Labute approximate surface area is 94.9 Å². The lowest BCUT2D eigenvalue weighted by Crippen LogP contribution is -2.40. The van der Waals surface area contributed by atoms with Crippen molar-refractivity contribution in [3.8, 4) is 0 Å². The molecule has 0 aliphatic carbocycles. The molecule has 1 aliphatic rings. The van der Waals surface area contributed by atoms with Gasteiger partial charge in [0, 0.05) is 12.2 Å². The maximum absolute atomic E-state index is 11.9. The number of benzene rings is 1. The van der Waals surface area contributed by atoms with Gasteiger partial charge in [-0.25, -0.2) is 4.79 Å². The van der Waals surface area contributed by atoms with E-state index >= 15 is 0 Å². The molecule has 0 spiro atoms. The molecule has 16 heavy (non-hydrogen) atoms. The topological polar surface area (TPSA) is 52.6 Å². The number of rotatable bonds is 2. The van der Waals surface area contributed by atoms with Crippen LogP contribution >= 0.6 is 0 Å². The summed E-state index contributed by atoms with van der Waals surface area (Å²) >= 11 is 0. The zero-order valence-electron chi connectivity index (χ0n) is 9.10. The number of nitrogens with one attached hydrogen (secondary N) is 1. The number of carbonyl (C=O) groups excluding carboxylic acids is 1. The third kappa shape index (κ3) is 2.33. The molecule has 2 amide bonds. The largest absolute Gasteiger partial charge is 0.394 e. The quantitative estimate of drug-likeness (QED) is 0.796. The lowest BCUT2D eigenvalue weighted by molar-refractivity contribution is 0.166. The third-order valence-corrected chi connectivity index (χ3v) is 2.87. The number of anilines is 1. The number of hydrogen-bond acceptors (Lipinski definition) is 2. The Kier molecular flexibility index (Phi) is 3.41. The highest BCUT2D eigenvalue weighted by atomic mass is 16.3. The fourth-order valence-corrected chi connectivity index (χ4v) is 2.01. The van der Waals surface area contributed by atoms with Gasteiger partial charge in [0.15, 0.2) is 0 Å². The maximum atomic E-state index is 11.9. The van der Waals surface area contributed by atoms with Crippen molar-refractivity contribution in [2.45, 2.75) is 18.9 Å². The average molecular weight is 220 g/mol. The van der Waals surface area contributed by atoms with Gasteiger partial charge >= 0.3 is 6.03 Å². The molecule has 1 atom stereocenters. The van der Waals surface area contributed by atoms with E-state index in [-0.39, 0.29) is 18.7 Å². The molecular weight excluding hydrogens is 204 g/mol. The summed E-state index contributed by atoms with van der Waals surface area (Å²) < 4.78 is 0. The van der Waals surface area contributed by atoms with E-state index in [0.29, 0.717) is 0 Å². The molecule has 0 bridgehead atoms. The molecular formula is C12H16N2O2. The first-order valence-electron chi connectivity index (χ1n) is 5.55. The Hall–Kier alpha value is -1.55. The Balaban J connectivity index is 1.98. The monoisotopic (exact) mass is 220 g/mol. The van der Waals surface area contributed by atoms with Crippen LogP contribution in [0.25, 0.3) is 0 Å². The minimum absolute atomic E-state index is 0.0243. The molecule has 1 aliphatic heterocycles. The highest BCUT2D eigenvalue weighted by Crippen LogP contribution is 2.18. The van der Waals surface area contributed by atoms with Crippen LogP contribution in [0.4, 0.5) is 10.5 Å². The lowest BCUT2D eigenvalue weighted by Gasteiger charge is -2.23. The van der Waals surface area contributed by atoms with Crippen molar-refractivity contribution in [3.05, 3.63) is 30.3 Å². The van der Waals surface area contributed by atoms with Gasteiger partial charge < -0.3 is 15.3 Å². The second-order valence-electron chi connectivity index (χ2n) is 3.97. The molecule has 1 aromatic carbocycles. The molecule has 0 radical (unpaired) electrons. The first-order chi connectivity index (χ1) is 7.81. The van der Waals surface area contributed by atoms with E-state index in [0.717, 1.165) is 25.1 Å². The van der Waals surface area contributed by atoms with Crippen LogP contribution in [-0.4, -0.2) is 35.2 Å². The standard InChI is InChI=1S/C12H16N2O2/c15-9-11-7-4-8-14(11)12(16)13-10-5-2-1-3-6-10/h1-3,5-6,11,15H,4,7-9H2,(H,13,16)/t11-/m1/s1. The first-order valence-corrected chi connectivity index (χ1v) is 5.55. The molecule has 1 heterocycles. The van der Waals surface area contributed by atoms with Crippen molar-refractivity contribution in [1.29, 1.82) is 0 Å². The Morgan fingerprint density at radius 2 is 2.19 bits per heavy atom. The highest BCUT2D eigenvalue weighted by Gasteiger charge is 2.27. The molecule has 86 valence electrons. The van der Waals surface area contributed by atoms with Gasteiger partial charge in [0.2, 0.25) is 0 Å². The van der Waals surface area contributed by atoms with Crippen LogP contribution in [0.2, 0.25) is 0 Å². The van der Waals surface area contributed by atoms with E-state index in [1.54, 1.807) is 4.90 Å². The molecule has 4 nitrogen and oxygen atoms in total. The Morgan fingerprint density at radius 1 is 1.44 bits per heavy atom. The summed E-state index contributed by atoms with van der Waals surface area (Å²) in [6, 6.07) is 9.21. The van der Waals surface area contributed by atoms with Crippen LogP contribution < -0.4 is 5.32 Å². The van der Waals surface area contributed by atoms with Crippen LogP contribution in [-0.2, 0) is 0 Å². The van der Waals surface area contributed by atoms with E-state index < -0.39 is 0 Å². The fourth-order valence-electron chi connectivity index (χ4n) is 2.01. The molecule has 1 saturated heterocycles. The number of nitrogens with zero attached hydrogens (tertiary/aromatic N) is 1. The van der Waals surface area contributed by atoms with Gasteiger partial charge in [-0.05, 0) is 25.0 Å². The predicted molar refractivity (Wildman–Crippen MR) is 62.3 cm³/mol. The normalized spacial score (nSPS) is 19.8. The number of urea groups is 1. The van der Waals surface area contributed by atoms with Crippen LogP contribution in [0.3, 0.4) is 0 Å². The molecule has 4 heteroatoms. The van der Waals surface area contributed by atoms with Gasteiger partial charge in [0.25, 0.3) is 0 Å². The number of aliphatic hydroxyl groups is 1. The summed E-state index contributed by atoms with van der Waals surface area (Å²) in [7, 11) is 0. The van der Waals surface area contributed by atoms with Crippen LogP contribution in [0.5, 0.6) is 0 Å². The summed E-state index contributed by atoms with van der Waals surface area (Å²) in [5.41, 5.74) is 0.788. The predicted octanol–water partition coefficient (Wildman–Crippen LogP) is 1.68. The Morgan fingerprint density at radius 3 is 2.88 bits per heavy atom. The Bertz CT molecular complexity index is 353. The molecule has 2 rings (SSSR count). The summed E-state index contributed by atoms with van der Waals surface area (Å²) in [5.74, 6) is 0. The minimum Gasteiger partial charge on any atom is -0.394 e. The van der Waals surface area contributed by atoms with Crippen LogP contribution in [0.1, 0.15) is 12.8 Å². The van der Waals surface area contributed by atoms with Crippen molar-refractivity contribution < 1.29 is 9.90 Å². The highest BCUT2D eigenvalue weighted by molar-refractivity contribution is 5.89. The fraction of sp³-hybridized carbons (Fsp3) is 0.417. The number of hydrogen-bond donors (Lipinski definition) is 2. The van der Waals surface area contributed by atoms with Gasteiger partial charge in [-0.1, -0.05) is 18.2 Å². The second kappa shape index (κ2) is 4.99. The number of carbonyl (C=O) groups is 1. The average Bonchev–Trinajstić information content (AvgIpc) is 2.78. The van der Waals surface area contributed by atoms with Crippen molar-refractivity contribution in [3.63, 3.8) is 0 Å². The maximum Gasteiger partial charge on any atom is 0.322 e. The van der Waals surface area contributed by atoms with Crippen molar-refractivity contribution in [2.24, 2.45) is 0 Å². The summed E-state index contributed by atoms with van der Waals surface area (Å²) in [6.45, 7) is 0.770. The van der Waals surface area contributed by atoms with Gasteiger partial charge in [-0.3, -0.25) is 0 Å². The van der Waals surface area contributed by atoms with E-state index in [1.807, 2.05) is 30.3 Å². The molecule has 0 aromatic heterocycles. The van der Waals surface area contributed by atoms with Gasteiger partial charge in [0.1, 0.15) is 0 Å². The van der Waals surface area contributed by atoms with E-state index in [4.69, 9.17) is 5.11 Å². The zero-order chi connectivity index (χ0) is 11.4. The third-order valence-electron chi connectivity index (χ3n) is 2.87.